The maximum Gasteiger partial charge on any atom is 0.119 e. The number of hydrogen-bond donors (Lipinski definition) is 3. The van der Waals surface area contributed by atoms with Gasteiger partial charge in [0, 0.05) is 12.8 Å². The molecule has 3 nitrogen and oxygen atoms in total. The normalized spacial score (nSPS) is 26.9. The Labute approximate surface area is 76.3 Å². The molecule has 3 N–H and O–H groups in total. The summed E-state index contributed by atoms with van der Waals surface area (Å²) in [4.78, 5) is 0. The lowest BCUT2D eigenvalue weighted by atomic mass is 9.87. The molecule has 1 aliphatic rings. The van der Waals surface area contributed by atoms with E-state index in [2.05, 4.69) is 0 Å². The van der Waals surface area contributed by atoms with Crippen LogP contribution in [0.4, 0.5) is 0 Å². The molecular formula is C10H12O3. The lowest BCUT2D eigenvalue weighted by Crippen LogP contribution is -2.34. The average Bonchev–Trinajstić information content (AvgIpc) is 2.09. The van der Waals surface area contributed by atoms with E-state index in [0.717, 1.165) is 11.1 Å². The second kappa shape index (κ2) is 3.01. The van der Waals surface area contributed by atoms with Crippen LogP contribution in [0.15, 0.2) is 18.2 Å². The highest BCUT2D eigenvalue weighted by molar-refractivity contribution is 5.41. The van der Waals surface area contributed by atoms with E-state index >= 15 is 0 Å². The van der Waals surface area contributed by atoms with Gasteiger partial charge < -0.3 is 15.3 Å². The van der Waals surface area contributed by atoms with Gasteiger partial charge in [0.1, 0.15) is 5.75 Å². The number of rotatable bonds is 0. The van der Waals surface area contributed by atoms with E-state index in [4.69, 9.17) is 0 Å². The van der Waals surface area contributed by atoms with Crippen molar-refractivity contribution in [2.24, 2.45) is 0 Å². The highest BCUT2D eigenvalue weighted by Crippen LogP contribution is 2.28. The van der Waals surface area contributed by atoms with Crippen molar-refractivity contribution in [1.29, 1.82) is 0 Å². The topological polar surface area (TPSA) is 60.7 Å². The summed E-state index contributed by atoms with van der Waals surface area (Å²) < 4.78 is 0. The molecular weight excluding hydrogens is 168 g/mol. The van der Waals surface area contributed by atoms with Crippen molar-refractivity contribution in [3.8, 4) is 5.75 Å². The Hall–Kier alpha value is -1.06. The van der Waals surface area contributed by atoms with Gasteiger partial charge in [-0.15, -0.1) is 0 Å². The molecule has 13 heavy (non-hydrogen) atoms. The van der Waals surface area contributed by atoms with E-state index in [1.54, 1.807) is 12.1 Å². The highest BCUT2D eigenvalue weighted by atomic mass is 16.3. The van der Waals surface area contributed by atoms with Gasteiger partial charge >= 0.3 is 0 Å². The number of phenolic OH excluding ortho intramolecular Hbond substituents is 1. The Balaban J connectivity index is 2.42. The Morgan fingerprint density at radius 3 is 2.54 bits per heavy atom. The Bertz CT molecular complexity index is 322. The average molecular weight is 180 g/mol. The largest absolute Gasteiger partial charge is 0.508 e. The summed E-state index contributed by atoms with van der Waals surface area (Å²) in [6, 6.07) is 5.21. The lowest BCUT2D eigenvalue weighted by molar-refractivity contribution is 0.0137. The zero-order valence-corrected chi connectivity index (χ0v) is 7.14. The molecule has 0 fully saturated rings. The quantitative estimate of drug-likeness (QED) is 0.535. The lowest BCUT2D eigenvalue weighted by Gasteiger charge is -2.26. The number of benzene rings is 1. The predicted molar refractivity (Wildman–Crippen MR) is 47.5 cm³/mol. The second-order valence-electron chi connectivity index (χ2n) is 3.46. The molecule has 0 saturated heterocycles. The van der Waals surface area contributed by atoms with Gasteiger partial charge in [-0.25, -0.2) is 0 Å². The fourth-order valence-electron chi connectivity index (χ4n) is 1.75. The zero-order chi connectivity index (χ0) is 9.42. The Morgan fingerprint density at radius 1 is 1.08 bits per heavy atom. The Morgan fingerprint density at radius 2 is 1.77 bits per heavy atom. The minimum absolute atomic E-state index is 0.212. The monoisotopic (exact) mass is 180 g/mol. The molecule has 0 aliphatic heterocycles. The summed E-state index contributed by atoms with van der Waals surface area (Å²) >= 11 is 0. The molecule has 3 heteroatoms. The molecule has 0 unspecified atom stereocenters. The first-order valence-electron chi connectivity index (χ1n) is 4.34. The number of hydrogen-bond acceptors (Lipinski definition) is 3. The smallest absolute Gasteiger partial charge is 0.119 e. The van der Waals surface area contributed by atoms with E-state index in [1.807, 2.05) is 6.07 Å². The van der Waals surface area contributed by atoms with Gasteiger partial charge in [-0.2, -0.15) is 0 Å². The van der Waals surface area contributed by atoms with Crippen molar-refractivity contribution in [2.75, 3.05) is 0 Å². The fraction of sp³-hybridized carbons (Fsp3) is 0.400. The molecule has 0 amide bonds. The molecule has 2 atom stereocenters. The molecule has 1 aromatic rings. The number of aliphatic hydroxyl groups excluding tert-OH is 2. The van der Waals surface area contributed by atoms with Crippen LogP contribution in [0.1, 0.15) is 11.1 Å². The summed E-state index contributed by atoms with van der Waals surface area (Å²) in [6.45, 7) is 0. The van der Waals surface area contributed by atoms with Crippen molar-refractivity contribution in [1.82, 2.24) is 0 Å². The molecule has 0 bridgehead atoms. The zero-order valence-electron chi connectivity index (χ0n) is 7.14. The highest BCUT2D eigenvalue weighted by Gasteiger charge is 2.26. The minimum atomic E-state index is -0.749. The molecule has 0 aromatic heterocycles. The molecule has 2 rings (SSSR count). The van der Waals surface area contributed by atoms with E-state index in [1.165, 1.54) is 0 Å². The summed E-state index contributed by atoms with van der Waals surface area (Å²) in [5, 5.41) is 28.2. The third-order valence-corrected chi connectivity index (χ3v) is 2.53. The van der Waals surface area contributed by atoms with Crippen LogP contribution in [0, 0.1) is 0 Å². The van der Waals surface area contributed by atoms with Crippen LogP contribution in [0.25, 0.3) is 0 Å². The van der Waals surface area contributed by atoms with Gasteiger partial charge in [0.05, 0.1) is 12.2 Å². The maximum absolute atomic E-state index is 9.47. The maximum atomic E-state index is 9.47. The van der Waals surface area contributed by atoms with Crippen LogP contribution < -0.4 is 0 Å². The SMILES string of the molecule is Oc1cccc2c1C[C@H](O)[C@H](O)C2. The van der Waals surface area contributed by atoms with Gasteiger partial charge in [-0.1, -0.05) is 12.1 Å². The van der Waals surface area contributed by atoms with Gasteiger partial charge in [0.25, 0.3) is 0 Å². The molecule has 0 heterocycles. The van der Waals surface area contributed by atoms with Crippen molar-refractivity contribution < 1.29 is 15.3 Å². The molecule has 1 aromatic carbocycles. The molecule has 0 saturated carbocycles. The van der Waals surface area contributed by atoms with Crippen molar-refractivity contribution >= 4 is 0 Å². The number of phenols is 1. The van der Waals surface area contributed by atoms with E-state index in [0.29, 0.717) is 12.8 Å². The predicted octanol–water partition coefficient (Wildman–Crippen LogP) is 0.213. The first-order valence-corrected chi connectivity index (χ1v) is 4.34. The molecule has 70 valence electrons. The molecule has 0 radical (unpaired) electrons. The summed E-state index contributed by atoms with van der Waals surface area (Å²) in [5.74, 6) is 0.212. The third-order valence-electron chi connectivity index (χ3n) is 2.53. The number of aliphatic hydroxyl groups is 2. The van der Waals surface area contributed by atoms with Crippen LogP contribution >= 0.6 is 0 Å². The van der Waals surface area contributed by atoms with E-state index in [-0.39, 0.29) is 5.75 Å². The fourth-order valence-corrected chi connectivity index (χ4v) is 1.75. The summed E-state index contributed by atoms with van der Waals surface area (Å²) in [6.07, 6.45) is -0.691. The van der Waals surface area contributed by atoms with Crippen LogP contribution in [0.3, 0.4) is 0 Å². The number of aromatic hydroxyl groups is 1. The van der Waals surface area contributed by atoms with E-state index < -0.39 is 12.2 Å². The minimum Gasteiger partial charge on any atom is -0.508 e. The summed E-state index contributed by atoms with van der Waals surface area (Å²) in [7, 11) is 0. The van der Waals surface area contributed by atoms with Crippen molar-refractivity contribution in [2.45, 2.75) is 25.0 Å². The second-order valence-corrected chi connectivity index (χ2v) is 3.46. The van der Waals surface area contributed by atoms with Crippen LogP contribution in [-0.2, 0) is 12.8 Å². The third kappa shape index (κ3) is 1.41. The van der Waals surface area contributed by atoms with Gasteiger partial charge in [-0.05, 0) is 17.2 Å². The van der Waals surface area contributed by atoms with Crippen LogP contribution in [-0.4, -0.2) is 27.5 Å². The van der Waals surface area contributed by atoms with Crippen LogP contribution in [0.5, 0.6) is 5.75 Å². The van der Waals surface area contributed by atoms with Gasteiger partial charge in [0.15, 0.2) is 0 Å². The van der Waals surface area contributed by atoms with Crippen molar-refractivity contribution in [3.05, 3.63) is 29.3 Å². The number of fused-ring (bicyclic) bond motifs is 1. The van der Waals surface area contributed by atoms with Crippen molar-refractivity contribution in [3.63, 3.8) is 0 Å². The van der Waals surface area contributed by atoms with E-state index in [9.17, 15) is 15.3 Å². The van der Waals surface area contributed by atoms with Gasteiger partial charge in [-0.3, -0.25) is 0 Å². The first-order chi connectivity index (χ1) is 6.18. The Kier molecular flexibility index (Phi) is 1.98. The van der Waals surface area contributed by atoms with Crippen LogP contribution in [0.2, 0.25) is 0 Å². The first kappa shape index (κ1) is 8.53. The molecule has 1 aliphatic carbocycles. The standard InChI is InChI=1S/C10H12O3/c11-8-3-1-2-6-4-9(12)10(13)5-7(6)8/h1-3,9-13H,4-5H2/t9-,10+/m1/s1. The molecule has 0 spiro atoms. The van der Waals surface area contributed by atoms with Gasteiger partial charge in [0.2, 0.25) is 0 Å². The summed E-state index contributed by atoms with van der Waals surface area (Å²) in [5.41, 5.74) is 1.69.